The summed E-state index contributed by atoms with van der Waals surface area (Å²) in [6.07, 6.45) is -0.921. The molecule has 30 heavy (non-hydrogen) atoms. The van der Waals surface area contributed by atoms with Gasteiger partial charge in [-0.25, -0.2) is 0 Å². The van der Waals surface area contributed by atoms with E-state index in [0.717, 1.165) is 11.1 Å². The van der Waals surface area contributed by atoms with Gasteiger partial charge in [-0.2, -0.15) is 0 Å². The van der Waals surface area contributed by atoms with Gasteiger partial charge in [0, 0.05) is 0 Å². The average molecular weight is 408 g/mol. The van der Waals surface area contributed by atoms with E-state index < -0.39 is 35.7 Å². The third-order valence-electron chi connectivity index (χ3n) is 5.91. The number of rotatable bonds is 7. The molecule has 2 aromatic rings. The van der Waals surface area contributed by atoms with Crippen molar-refractivity contribution in [2.45, 2.75) is 50.4 Å². The third kappa shape index (κ3) is 4.00. The molecule has 1 unspecified atom stereocenters. The molecule has 4 rings (SSSR count). The Kier molecular flexibility index (Phi) is 5.93. The average Bonchev–Trinajstić information content (AvgIpc) is 3.19. The molecule has 2 aliphatic heterocycles. The van der Waals surface area contributed by atoms with E-state index in [4.69, 9.17) is 18.9 Å². The van der Waals surface area contributed by atoms with Crippen LogP contribution >= 0.6 is 0 Å². The highest BCUT2D eigenvalue weighted by atomic mass is 16.6. The maximum atomic E-state index is 13.0. The Morgan fingerprint density at radius 1 is 0.967 bits per heavy atom. The molecule has 0 N–H and O–H groups in total. The van der Waals surface area contributed by atoms with Crippen LogP contribution in [0.25, 0.3) is 0 Å². The largest absolute Gasteiger partial charge is 0.461 e. The summed E-state index contributed by atoms with van der Waals surface area (Å²) in [5.74, 6) is -1.51. The minimum absolute atomic E-state index is 0.0626. The highest BCUT2D eigenvalue weighted by Crippen LogP contribution is 2.50. The quantitative estimate of drug-likeness (QED) is 0.516. The molecule has 0 aromatic heterocycles. The number of ether oxygens (including phenoxy) is 4. The normalized spacial score (nSPS) is 29.5. The number of hydrogen-bond donors (Lipinski definition) is 0. The number of esters is 2. The summed E-state index contributed by atoms with van der Waals surface area (Å²) in [5, 5.41) is 0. The summed E-state index contributed by atoms with van der Waals surface area (Å²) in [7, 11) is 1.85. The lowest BCUT2D eigenvalue weighted by Crippen LogP contribution is -2.48. The predicted molar refractivity (Wildman–Crippen MR) is 111 cm³/mol. The van der Waals surface area contributed by atoms with Crippen LogP contribution in [-0.2, 0) is 41.8 Å². The van der Waals surface area contributed by atoms with Crippen LogP contribution in [0.15, 0.2) is 60.7 Å². The van der Waals surface area contributed by atoms with Crippen LogP contribution in [0, 0.1) is 5.92 Å². The third-order valence-corrected chi connectivity index (χ3v) is 5.91. The van der Waals surface area contributed by atoms with Gasteiger partial charge in [-0.05, 0) is 18.1 Å². The second kappa shape index (κ2) is 8.62. The van der Waals surface area contributed by atoms with Crippen molar-refractivity contribution in [2.24, 2.45) is 5.92 Å². The van der Waals surface area contributed by atoms with E-state index in [0.29, 0.717) is 0 Å². The Labute approximate surface area is 176 Å². The summed E-state index contributed by atoms with van der Waals surface area (Å²) < 4.78 is 23.2. The van der Waals surface area contributed by atoms with Crippen LogP contribution in [0.1, 0.15) is 24.5 Å². The Balaban J connectivity index is 1.44. The number of benzene rings is 2. The van der Waals surface area contributed by atoms with E-state index in [1.165, 1.54) is 0 Å². The monoisotopic (exact) mass is 408 g/mol. The first-order valence-corrected chi connectivity index (χ1v) is 10.2. The molecule has 5 atom stereocenters. The second-order valence-electron chi connectivity index (χ2n) is 7.91. The van der Waals surface area contributed by atoms with Crippen molar-refractivity contribution in [3.8, 4) is 0 Å². The van der Waals surface area contributed by atoms with E-state index in [2.05, 4.69) is 0 Å². The molecule has 0 aliphatic carbocycles. The van der Waals surface area contributed by atoms with E-state index in [-0.39, 0.29) is 25.6 Å². The van der Waals surface area contributed by atoms with Crippen LogP contribution in [0.3, 0.4) is 0 Å². The molecule has 2 fully saturated rings. The molecular formula is C23H25BO6. The fourth-order valence-electron chi connectivity index (χ4n) is 4.39. The van der Waals surface area contributed by atoms with Gasteiger partial charge in [0.05, 0.1) is 24.6 Å². The zero-order valence-corrected chi connectivity index (χ0v) is 17.2. The minimum Gasteiger partial charge on any atom is -0.461 e. The summed E-state index contributed by atoms with van der Waals surface area (Å²) in [6, 6.07) is 18.6. The second-order valence-corrected chi connectivity index (χ2v) is 7.91. The maximum Gasteiger partial charge on any atom is 0.315 e. The van der Waals surface area contributed by atoms with Crippen molar-refractivity contribution < 1.29 is 28.5 Å². The molecule has 0 saturated carbocycles. The van der Waals surface area contributed by atoms with Crippen molar-refractivity contribution in [3.63, 3.8) is 0 Å². The lowest BCUT2D eigenvalue weighted by Gasteiger charge is -2.35. The lowest BCUT2D eigenvalue weighted by molar-refractivity contribution is -0.178. The van der Waals surface area contributed by atoms with Gasteiger partial charge in [0.15, 0.2) is 0 Å². The maximum absolute atomic E-state index is 13.0. The van der Waals surface area contributed by atoms with Gasteiger partial charge in [-0.1, -0.05) is 60.7 Å². The molecule has 0 spiro atoms. The van der Waals surface area contributed by atoms with Gasteiger partial charge < -0.3 is 18.9 Å². The zero-order chi connectivity index (χ0) is 21.1. The van der Waals surface area contributed by atoms with Crippen LogP contribution in [0.5, 0.6) is 0 Å². The Morgan fingerprint density at radius 2 is 1.53 bits per heavy atom. The summed E-state index contributed by atoms with van der Waals surface area (Å²) in [5.41, 5.74) is 0.720. The fraction of sp³-hybridized carbons (Fsp3) is 0.391. The Morgan fingerprint density at radius 3 is 2.13 bits per heavy atom. The van der Waals surface area contributed by atoms with Crippen LogP contribution in [-0.4, -0.2) is 43.6 Å². The molecule has 2 bridgehead atoms. The SMILES string of the molecule is B[C@@H]1O[C@]2(CC(=O)OCc3ccccc3)C(C(=O)OCc3ccccc3)[C@@H]1O[C@H]2C. The van der Waals surface area contributed by atoms with E-state index >= 15 is 0 Å². The highest BCUT2D eigenvalue weighted by Gasteiger charge is 2.67. The van der Waals surface area contributed by atoms with Crippen molar-refractivity contribution in [3.05, 3.63) is 71.8 Å². The summed E-state index contributed by atoms with van der Waals surface area (Å²) >= 11 is 0. The van der Waals surface area contributed by atoms with E-state index in [9.17, 15) is 9.59 Å². The van der Waals surface area contributed by atoms with Gasteiger partial charge in [-0.3, -0.25) is 9.59 Å². The molecule has 0 radical (unpaired) electrons. The first-order chi connectivity index (χ1) is 14.5. The van der Waals surface area contributed by atoms with Gasteiger partial charge in [0.1, 0.15) is 32.6 Å². The van der Waals surface area contributed by atoms with Crippen LogP contribution in [0.4, 0.5) is 0 Å². The smallest absolute Gasteiger partial charge is 0.315 e. The van der Waals surface area contributed by atoms with Crippen LogP contribution in [0.2, 0.25) is 0 Å². The number of fused-ring (bicyclic) bond motifs is 2. The summed E-state index contributed by atoms with van der Waals surface area (Å²) in [6.45, 7) is 2.17. The molecular weight excluding hydrogens is 383 g/mol. The van der Waals surface area contributed by atoms with Gasteiger partial charge in [0.25, 0.3) is 0 Å². The Hall–Kier alpha value is -2.64. The molecule has 6 nitrogen and oxygen atoms in total. The molecule has 2 aromatic carbocycles. The number of carbonyl (C=O) groups is 2. The number of hydrogen-bond acceptors (Lipinski definition) is 6. The number of carbonyl (C=O) groups excluding carboxylic acids is 2. The van der Waals surface area contributed by atoms with Crippen molar-refractivity contribution in [2.75, 3.05) is 0 Å². The van der Waals surface area contributed by atoms with Gasteiger partial charge in [-0.15, -0.1) is 0 Å². The predicted octanol–water partition coefficient (Wildman–Crippen LogP) is 1.99. The highest BCUT2D eigenvalue weighted by molar-refractivity contribution is 6.12. The van der Waals surface area contributed by atoms with Crippen molar-refractivity contribution in [1.82, 2.24) is 0 Å². The molecule has 2 aliphatic rings. The molecule has 2 heterocycles. The topological polar surface area (TPSA) is 71.1 Å². The summed E-state index contributed by atoms with van der Waals surface area (Å²) in [4.78, 5) is 25.6. The van der Waals surface area contributed by atoms with Crippen molar-refractivity contribution >= 4 is 19.8 Å². The fourth-order valence-corrected chi connectivity index (χ4v) is 4.39. The molecule has 0 amide bonds. The standard InChI is InChI=1S/C23H25BO6/c1-15-23(12-18(25)27-13-16-8-4-2-5-9-16)19(20(29-15)21(24)30-23)22(26)28-14-17-10-6-3-7-11-17/h2-11,15,19-21H,12-14,24H2,1H3/t15-,19?,20-,21+,23-/m0/s1. The van der Waals surface area contributed by atoms with Gasteiger partial charge in [0.2, 0.25) is 0 Å². The Bertz CT molecular complexity index is 889. The lowest BCUT2D eigenvalue weighted by atomic mass is 9.80. The van der Waals surface area contributed by atoms with E-state index in [1.807, 2.05) is 75.4 Å². The minimum atomic E-state index is -1.08. The van der Waals surface area contributed by atoms with Gasteiger partial charge >= 0.3 is 11.9 Å². The van der Waals surface area contributed by atoms with Crippen LogP contribution < -0.4 is 0 Å². The molecule has 156 valence electrons. The molecule has 7 heteroatoms. The first-order valence-electron chi connectivity index (χ1n) is 10.2. The van der Waals surface area contributed by atoms with E-state index in [1.54, 1.807) is 0 Å². The molecule has 2 saturated heterocycles. The zero-order valence-electron chi connectivity index (χ0n) is 17.2. The van der Waals surface area contributed by atoms with Crippen molar-refractivity contribution in [1.29, 1.82) is 0 Å². The first kappa shape index (κ1) is 20.6.